The number of aromatic nitrogens is 2. The van der Waals surface area contributed by atoms with Crippen LogP contribution in [0.5, 0.6) is 0 Å². The SMILES string of the molecule is COCCCOCCn1ccnc1CNCCOC. The van der Waals surface area contributed by atoms with Crippen molar-refractivity contribution in [2.24, 2.45) is 0 Å². The quantitative estimate of drug-likeness (QED) is 0.566. The molecule has 0 aliphatic carbocycles. The smallest absolute Gasteiger partial charge is 0.122 e. The molecule has 0 aromatic carbocycles. The van der Waals surface area contributed by atoms with Crippen LogP contribution in [0, 0.1) is 0 Å². The van der Waals surface area contributed by atoms with E-state index < -0.39 is 0 Å². The molecule has 6 nitrogen and oxygen atoms in total. The molecule has 1 heterocycles. The van der Waals surface area contributed by atoms with Gasteiger partial charge < -0.3 is 24.1 Å². The predicted molar refractivity (Wildman–Crippen MR) is 73.1 cm³/mol. The van der Waals surface area contributed by atoms with E-state index in [1.54, 1.807) is 14.2 Å². The first-order valence-electron chi connectivity index (χ1n) is 6.65. The molecule has 6 heteroatoms. The van der Waals surface area contributed by atoms with Gasteiger partial charge in [0.2, 0.25) is 0 Å². The van der Waals surface area contributed by atoms with Crippen molar-refractivity contribution in [3.63, 3.8) is 0 Å². The average molecular weight is 271 g/mol. The Morgan fingerprint density at radius 1 is 1.16 bits per heavy atom. The summed E-state index contributed by atoms with van der Waals surface area (Å²) in [7, 11) is 3.40. The van der Waals surface area contributed by atoms with Crippen molar-refractivity contribution in [3.8, 4) is 0 Å². The number of hydrogen-bond donors (Lipinski definition) is 1. The monoisotopic (exact) mass is 271 g/mol. The Hall–Kier alpha value is -0.950. The molecule has 0 unspecified atom stereocenters. The second kappa shape index (κ2) is 10.9. The molecule has 19 heavy (non-hydrogen) atoms. The maximum Gasteiger partial charge on any atom is 0.122 e. The van der Waals surface area contributed by atoms with E-state index in [0.29, 0.717) is 13.2 Å². The third-order valence-corrected chi connectivity index (χ3v) is 2.68. The molecule has 110 valence electrons. The van der Waals surface area contributed by atoms with E-state index in [9.17, 15) is 0 Å². The predicted octanol–water partition coefficient (Wildman–Crippen LogP) is 0.672. The van der Waals surface area contributed by atoms with Gasteiger partial charge in [-0.05, 0) is 6.42 Å². The van der Waals surface area contributed by atoms with Crippen molar-refractivity contribution in [2.75, 3.05) is 47.2 Å². The molecule has 0 saturated carbocycles. The summed E-state index contributed by atoms with van der Waals surface area (Å²) in [6, 6.07) is 0. The summed E-state index contributed by atoms with van der Waals surface area (Å²) < 4.78 is 17.6. The standard InChI is InChI=1S/C13H25N3O3/c1-17-8-3-9-19-11-7-16-6-4-15-13(16)12-14-5-10-18-2/h4,6,14H,3,5,7-12H2,1-2H3. The zero-order valence-corrected chi connectivity index (χ0v) is 11.9. The van der Waals surface area contributed by atoms with Crippen LogP contribution in [0.4, 0.5) is 0 Å². The lowest BCUT2D eigenvalue weighted by Crippen LogP contribution is -2.21. The molecule has 1 aromatic heterocycles. The number of rotatable bonds is 12. The van der Waals surface area contributed by atoms with E-state index in [1.165, 1.54) is 0 Å². The largest absolute Gasteiger partial charge is 0.385 e. The Balaban J connectivity index is 2.13. The molecule has 1 N–H and O–H groups in total. The maximum atomic E-state index is 5.54. The van der Waals surface area contributed by atoms with Gasteiger partial charge in [-0.2, -0.15) is 0 Å². The van der Waals surface area contributed by atoms with Crippen LogP contribution in [-0.4, -0.2) is 56.7 Å². The molecule has 0 radical (unpaired) electrons. The molecule has 0 amide bonds. The zero-order valence-electron chi connectivity index (χ0n) is 11.9. The Kier molecular flexibility index (Phi) is 9.26. The topological polar surface area (TPSA) is 57.5 Å². The number of imidazole rings is 1. The number of nitrogens with one attached hydrogen (secondary N) is 1. The highest BCUT2D eigenvalue weighted by atomic mass is 16.5. The van der Waals surface area contributed by atoms with Crippen LogP contribution in [0.3, 0.4) is 0 Å². The fourth-order valence-corrected chi connectivity index (χ4v) is 1.66. The minimum Gasteiger partial charge on any atom is -0.385 e. The Morgan fingerprint density at radius 2 is 2.00 bits per heavy atom. The molecular weight excluding hydrogens is 246 g/mol. The highest BCUT2D eigenvalue weighted by Gasteiger charge is 2.01. The van der Waals surface area contributed by atoms with Crippen molar-refractivity contribution in [1.82, 2.24) is 14.9 Å². The summed E-state index contributed by atoms with van der Waals surface area (Å²) >= 11 is 0. The van der Waals surface area contributed by atoms with Gasteiger partial charge in [0.05, 0.1) is 19.8 Å². The van der Waals surface area contributed by atoms with Crippen molar-refractivity contribution in [2.45, 2.75) is 19.5 Å². The summed E-state index contributed by atoms with van der Waals surface area (Å²) in [6.07, 6.45) is 4.73. The van der Waals surface area contributed by atoms with E-state index in [1.807, 2.05) is 12.4 Å². The van der Waals surface area contributed by atoms with Crippen molar-refractivity contribution >= 4 is 0 Å². The van der Waals surface area contributed by atoms with Gasteiger partial charge in [0.15, 0.2) is 0 Å². The fourth-order valence-electron chi connectivity index (χ4n) is 1.66. The Bertz CT molecular complexity index is 318. The van der Waals surface area contributed by atoms with Crippen molar-refractivity contribution in [3.05, 3.63) is 18.2 Å². The zero-order chi connectivity index (χ0) is 13.8. The average Bonchev–Trinajstić information content (AvgIpc) is 2.86. The van der Waals surface area contributed by atoms with Gasteiger partial charge in [-0.1, -0.05) is 0 Å². The summed E-state index contributed by atoms with van der Waals surface area (Å²) in [5.74, 6) is 1.02. The van der Waals surface area contributed by atoms with Crippen LogP contribution in [-0.2, 0) is 27.3 Å². The molecule has 0 aliphatic heterocycles. The lowest BCUT2D eigenvalue weighted by atomic mass is 10.5. The number of hydrogen-bond acceptors (Lipinski definition) is 5. The minimum absolute atomic E-state index is 0.700. The fraction of sp³-hybridized carbons (Fsp3) is 0.769. The Labute approximate surface area is 115 Å². The van der Waals surface area contributed by atoms with Crippen LogP contribution >= 0.6 is 0 Å². The van der Waals surface area contributed by atoms with E-state index in [2.05, 4.69) is 14.9 Å². The third kappa shape index (κ3) is 7.27. The normalized spacial score (nSPS) is 11.1. The van der Waals surface area contributed by atoms with E-state index in [-0.39, 0.29) is 0 Å². The molecule has 0 fully saturated rings. The molecule has 0 saturated heterocycles. The highest BCUT2D eigenvalue weighted by Crippen LogP contribution is 1.97. The lowest BCUT2D eigenvalue weighted by Gasteiger charge is -2.09. The number of ether oxygens (including phenoxy) is 3. The molecule has 1 aromatic rings. The first-order chi connectivity index (χ1) is 9.38. The lowest BCUT2D eigenvalue weighted by molar-refractivity contribution is 0.0972. The second-order valence-electron chi connectivity index (χ2n) is 4.17. The highest BCUT2D eigenvalue weighted by molar-refractivity contribution is 4.91. The third-order valence-electron chi connectivity index (χ3n) is 2.68. The van der Waals surface area contributed by atoms with Gasteiger partial charge in [-0.25, -0.2) is 4.98 Å². The molecular formula is C13H25N3O3. The van der Waals surface area contributed by atoms with Gasteiger partial charge in [0.25, 0.3) is 0 Å². The van der Waals surface area contributed by atoms with Gasteiger partial charge in [0, 0.05) is 52.9 Å². The summed E-state index contributed by atoms with van der Waals surface area (Å²) in [4.78, 5) is 4.33. The maximum absolute atomic E-state index is 5.54. The molecule has 0 aliphatic rings. The van der Waals surface area contributed by atoms with Crippen LogP contribution < -0.4 is 5.32 Å². The summed E-state index contributed by atoms with van der Waals surface area (Å²) in [5, 5.41) is 3.28. The van der Waals surface area contributed by atoms with E-state index in [0.717, 1.165) is 45.1 Å². The van der Waals surface area contributed by atoms with Crippen LogP contribution in [0.2, 0.25) is 0 Å². The number of methoxy groups -OCH3 is 2. The van der Waals surface area contributed by atoms with E-state index in [4.69, 9.17) is 14.2 Å². The Morgan fingerprint density at radius 3 is 2.79 bits per heavy atom. The molecule has 0 atom stereocenters. The molecule has 0 spiro atoms. The second-order valence-corrected chi connectivity index (χ2v) is 4.17. The van der Waals surface area contributed by atoms with Crippen molar-refractivity contribution in [1.29, 1.82) is 0 Å². The van der Waals surface area contributed by atoms with Gasteiger partial charge in [-0.3, -0.25) is 0 Å². The van der Waals surface area contributed by atoms with E-state index >= 15 is 0 Å². The van der Waals surface area contributed by atoms with Gasteiger partial charge in [-0.15, -0.1) is 0 Å². The molecule has 1 rings (SSSR count). The van der Waals surface area contributed by atoms with Crippen LogP contribution in [0.15, 0.2) is 12.4 Å². The van der Waals surface area contributed by atoms with Crippen LogP contribution in [0.1, 0.15) is 12.2 Å². The minimum atomic E-state index is 0.700. The summed E-state index contributed by atoms with van der Waals surface area (Å²) in [6.45, 7) is 5.31. The van der Waals surface area contributed by atoms with Crippen LogP contribution in [0.25, 0.3) is 0 Å². The van der Waals surface area contributed by atoms with Crippen molar-refractivity contribution < 1.29 is 14.2 Å². The summed E-state index contributed by atoms with van der Waals surface area (Å²) in [5.41, 5.74) is 0. The molecule has 0 bridgehead atoms. The van der Waals surface area contributed by atoms with Gasteiger partial charge in [0.1, 0.15) is 5.82 Å². The van der Waals surface area contributed by atoms with Gasteiger partial charge >= 0.3 is 0 Å². The first-order valence-corrected chi connectivity index (χ1v) is 6.65. The number of nitrogens with zero attached hydrogens (tertiary/aromatic N) is 2. The first kappa shape index (κ1) is 16.1.